The van der Waals surface area contributed by atoms with E-state index in [-0.39, 0.29) is 29.1 Å². The predicted molar refractivity (Wildman–Crippen MR) is 101 cm³/mol. The Morgan fingerprint density at radius 3 is 2.88 bits per heavy atom. The first-order valence-corrected chi connectivity index (χ1v) is 9.79. The third kappa shape index (κ3) is 6.14. The van der Waals surface area contributed by atoms with Crippen LogP contribution in [0.1, 0.15) is 19.5 Å². The van der Waals surface area contributed by atoms with Gasteiger partial charge in [-0.2, -0.15) is 0 Å². The van der Waals surface area contributed by atoms with Crippen molar-refractivity contribution in [3.05, 3.63) is 33.4 Å². The zero-order valence-corrected chi connectivity index (χ0v) is 16.6. The van der Waals surface area contributed by atoms with Gasteiger partial charge in [0.1, 0.15) is 0 Å². The largest absolute Gasteiger partial charge is 0.466 e. The number of carbonyl (C=O) groups excluding carboxylic acids is 2. The fourth-order valence-corrected chi connectivity index (χ4v) is 4.12. The summed E-state index contributed by atoms with van der Waals surface area (Å²) in [6.45, 7) is 3.83. The van der Waals surface area contributed by atoms with Crippen LogP contribution in [0.2, 0.25) is 10.0 Å². The molecule has 2 heterocycles. The highest BCUT2D eigenvalue weighted by Crippen LogP contribution is 2.29. The van der Waals surface area contributed by atoms with E-state index in [0.29, 0.717) is 21.7 Å². The molecule has 2 aromatic rings. The van der Waals surface area contributed by atoms with Gasteiger partial charge in [-0.15, -0.1) is 11.3 Å². The Kier molecular flexibility index (Phi) is 7.49. The summed E-state index contributed by atoms with van der Waals surface area (Å²) in [4.78, 5) is 32.0. The molecule has 134 valence electrons. The number of carbonyl (C=O) groups is 2. The molecule has 0 aromatic carbocycles. The standard InChI is InChI=1S/C15H15Cl2N3O3S2/c1-3-23-12(21)5-10-7-24-15(19-10)25-8(2)14(22)20-13-11(17)4-9(16)6-18-13/h4,6-8H,3,5H2,1-2H3,(H,18,20,22). The van der Waals surface area contributed by atoms with Crippen molar-refractivity contribution >= 4 is 64.0 Å². The van der Waals surface area contributed by atoms with Crippen molar-refractivity contribution in [1.82, 2.24) is 9.97 Å². The lowest BCUT2D eigenvalue weighted by atomic mass is 10.3. The van der Waals surface area contributed by atoms with Crippen molar-refractivity contribution < 1.29 is 14.3 Å². The fraction of sp³-hybridized carbons (Fsp3) is 0.333. The van der Waals surface area contributed by atoms with Crippen LogP contribution in [0.3, 0.4) is 0 Å². The lowest BCUT2D eigenvalue weighted by molar-refractivity contribution is -0.142. The summed E-state index contributed by atoms with van der Waals surface area (Å²) < 4.78 is 5.58. The van der Waals surface area contributed by atoms with Gasteiger partial charge in [-0.1, -0.05) is 35.0 Å². The first-order valence-electron chi connectivity index (χ1n) is 7.27. The number of nitrogens with one attached hydrogen (secondary N) is 1. The maximum atomic E-state index is 12.3. The van der Waals surface area contributed by atoms with Crippen molar-refractivity contribution in [3.8, 4) is 0 Å². The molecule has 1 atom stereocenters. The smallest absolute Gasteiger partial charge is 0.311 e. The fourth-order valence-electron chi connectivity index (χ4n) is 1.71. The van der Waals surface area contributed by atoms with Crippen LogP contribution in [-0.2, 0) is 20.7 Å². The Bertz CT molecular complexity index is 770. The molecular weight excluding hydrogens is 405 g/mol. The van der Waals surface area contributed by atoms with Gasteiger partial charge in [-0.25, -0.2) is 9.97 Å². The molecule has 0 saturated heterocycles. The van der Waals surface area contributed by atoms with Crippen LogP contribution in [0.5, 0.6) is 0 Å². The normalized spacial score (nSPS) is 11.8. The molecule has 1 unspecified atom stereocenters. The van der Waals surface area contributed by atoms with Crippen LogP contribution in [0.4, 0.5) is 5.82 Å². The zero-order valence-electron chi connectivity index (χ0n) is 13.4. The van der Waals surface area contributed by atoms with Crippen LogP contribution in [0.15, 0.2) is 22.0 Å². The van der Waals surface area contributed by atoms with Gasteiger partial charge in [0, 0.05) is 11.6 Å². The molecule has 6 nitrogen and oxygen atoms in total. The van der Waals surface area contributed by atoms with Gasteiger partial charge < -0.3 is 10.1 Å². The van der Waals surface area contributed by atoms with E-state index in [2.05, 4.69) is 15.3 Å². The first-order chi connectivity index (χ1) is 11.9. The number of amides is 1. The number of halogens is 2. The quantitative estimate of drug-likeness (QED) is 0.537. The van der Waals surface area contributed by atoms with Gasteiger partial charge in [0.2, 0.25) is 5.91 Å². The minimum atomic E-state index is -0.421. The van der Waals surface area contributed by atoms with Crippen LogP contribution in [0, 0.1) is 0 Å². The van der Waals surface area contributed by atoms with Gasteiger partial charge in [0.15, 0.2) is 10.2 Å². The summed E-state index contributed by atoms with van der Waals surface area (Å²) in [7, 11) is 0. The molecule has 1 amide bonds. The lowest BCUT2D eigenvalue weighted by Crippen LogP contribution is -2.23. The Hall–Kier alpha value is -1.35. The summed E-state index contributed by atoms with van der Waals surface area (Å²) in [5.74, 6) is -0.326. The first kappa shape index (κ1) is 20.0. The van der Waals surface area contributed by atoms with Crippen LogP contribution in [0.25, 0.3) is 0 Å². The number of aromatic nitrogens is 2. The highest BCUT2D eigenvalue weighted by molar-refractivity contribution is 8.02. The van der Waals surface area contributed by atoms with Crippen molar-refractivity contribution in [2.75, 3.05) is 11.9 Å². The van der Waals surface area contributed by atoms with Gasteiger partial charge in [0.05, 0.1) is 34.0 Å². The summed E-state index contributed by atoms with van der Waals surface area (Å²) >= 11 is 14.4. The average Bonchev–Trinajstić information content (AvgIpc) is 2.97. The molecule has 0 fully saturated rings. The lowest BCUT2D eigenvalue weighted by Gasteiger charge is -2.11. The van der Waals surface area contributed by atoms with Gasteiger partial charge in [0.25, 0.3) is 0 Å². The molecule has 0 saturated carbocycles. The molecule has 0 aliphatic rings. The number of thiazole rings is 1. The molecule has 0 spiro atoms. The Labute approximate surface area is 163 Å². The van der Waals surface area contributed by atoms with Crippen molar-refractivity contribution in [2.45, 2.75) is 29.9 Å². The van der Waals surface area contributed by atoms with E-state index in [1.165, 1.54) is 35.4 Å². The molecule has 0 bridgehead atoms. The van der Waals surface area contributed by atoms with E-state index in [0.717, 1.165) is 0 Å². The zero-order chi connectivity index (χ0) is 18.4. The number of rotatable bonds is 7. The maximum absolute atomic E-state index is 12.3. The maximum Gasteiger partial charge on any atom is 0.311 e. The molecular formula is C15H15Cl2N3O3S2. The van der Waals surface area contributed by atoms with Crippen LogP contribution in [-0.4, -0.2) is 33.7 Å². The van der Waals surface area contributed by atoms with Crippen molar-refractivity contribution in [3.63, 3.8) is 0 Å². The van der Waals surface area contributed by atoms with E-state index in [4.69, 9.17) is 27.9 Å². The molecule has 2 aromatic heterocycles. The summed E-state index contributed by atoms with van der Waals surface area (Å²) in [5, 5.41) is 4.67. The molecule has 25 heavy (non-hydrogen) atoms. The summed E-state index contributed by atoms with van der Waals surface area (Å²) in [5.41, 5.74) is 0.626. The van der Waals surface area contributed by atoms with E-state index in [1.807, 2.05) is 0 Å². The number of thioether (sulfide) groups is 1. The molecule has 0 aliphatic carbocycles. The second-order valence-corrected chi connectivity index (χ2v) is 8.11. The number of anilines is 1. The minimum absolute atomic E-state index is 0.121. The second kappa shape index (κ2) is 9.38. The highest BCUT2D eigenvalue weighted by Gasteiger charge is 2.19. The number of nitrogens with zero attached hydrogens (tertiary/aromatic N) is 2. The number of pyridine rings is 1. The molecule has 1 N–H and O–H groups in total. The number of ether oxygens (including phenoxy) is 1. The van der Waals surface area contributed by atoms with Gasteiger partial charge in [-0.3, -0.25) is 9.59 Å². The van der Waals surface area contributed by atoms with Gasteiger partial charge in [-0.05, 0) is 19.9 Å². The van der Waals surface area contributed by atoms with Gasteiger partial charge >= 0.3 is 5.97 Å². The predicted octanol–water partition coefficient (Wildman–Crippen LogP) is 4.07. The number of hydrogen-bond donors (Lipinski definition) is 1. The minimum Gasteiger partial charge on any atom is -0.466 e. The highest BCUT2D eigenvalue weighted by atomic mass is 35.5. The average molecular weight is 420 g/mol. The third-order valence-corrected chi connectivity index (χ3v) is 5.47. The van der Waals surface area contributed by atoms with E-state index >= 15 is 0 Å². The number of esters is 1. The van der Waals surface area contributed by atoms with E-state index < -0.39 is 5.25 Å². The summed E-state index contributed by atoms with van der Waals surface area (Å²) in [6, 6.07) is 1.51. The monoisotopic (exact) mass is 419 g/mol. The molecule has 2 rings (SSSR count). The van der Waals surface area contributed by atoms with Crippen LogP contribution < -0.4 is 5.32 Å². The second-order valence-electron chi connectivity index (χ2n) is 4.82. The Morgan fingerprint density at radius 1 is 1.44 bits per heavy atom. The van der Waals surface area contributed by atoms with Crippen molar-refractivity contribution in [1.29, 1.82) is 0 Å². The Balaban J connectivity index is 1.92. The van der Waals surface area contributed by atoms with E-state index in [1.54, 1.807) is 19.2 Å². The van der Waals surface area contributed by atoms with Crippen LogP contribution >= 0.6 is 46.3 Å². The number of hydrogen-bond acceptors (Lipinski definition) is 7. The van der Waals surface area contributed by atoms with E-state index in [9.17, 15) is 9.59 Å². The molecule has 0 aliphatic heterocycles. The topological polar surface area (TPSA) is 81.2 Å². The van der Waals surface area contributed by atoms with Crippen molar-refractivity contribution in [2.24, 2.45) is 0 Å². The molecule has 0 radical (unpaired) electrons. The third-order valence-electron chi connectivity index (χ3n) is 2.86. The molecule has 10 heteroatoms. The summed E-state index contributed by atoms with van der Waals surface area (Å²) in [6.07, 6.45) is 1.53. The Morgan fingerprint density at radius 2 is 2.20 bits per heavy atom. The SMILES string of the molecule is CCOC(=O)Cc1csc(SC(C)C(=O)Nc2ncc(Cl)cc2Cl)n1.